The number of carbonyl (C=O) groups is 1. The second-order valence-electron chi connectivity index (χ2n) is 6.53. The Hall–Kier alpha value is -2.54. The van der Waals surface area contributed by atoms with Gasteiger partial charge in [-0.05, 0) is 67.4 Å². The largest absolute Gasteiger partial charge is 0.321 e. The molecule has 0 aliphatic carbocycles. The summed E-state index contributed by atoms with van der Waals surface area (Å²) in [6.45, 7) is 3.54. The fourth-order valence-corrected chi connectivity index (χ4v) is 4.51. The molecule has 2 N–H and O–H groups in total. The maximum Gasteiger partial charge on any atom is 0.262 e. The number of rotatable bonds is 5. The molecule has 0 saturated heterocycles. The second kappa shape index (κ2) is 8.45. The van der Waals surface area contributed by atoms with Gasteiger partial charge >= 0.3 is 0 Å². The first-order valence-corrected chi connectivity index (χ1v) is 10.9. The van der Waals surface area contributed by atoms with Gasteiger partial charge in [0, 0.05) is 16.3 Å². The maximum atomic E-state index is 12.9. The Balaban J connectivity index is 1.89. The number of hydrogen-bond donors (Lipinski definition) is 2. The van der Waals surface area contributed by atoms with Crippen molar-refractivity contribution in [3.63, 3.8) is 0 Å². The minimum atomic E-state index is -3.88. The summed E-state index contributed by atoms with van der Waals surface area (Å²) in [5.41, 5.74) is 2.46. The highest BCUT2D eigenvalue weighted by molar-refractivity contribution is 7.92. The Labute approximate surface area is 179 Å². The molecule has 0 spiro atoms. The number of halogens is 2. The number of nitrogens with one attached hydrogen (secondary N) is 2. The number of amides is 1. The molecule has 1 amide bonds. The van der Waals surface area contributed by atoms with Crippen molar-refractivity contribution >= 4 is 50.5 Å². The van der Waals surface area contributed by atoms with E-state index in [1.54, 1.807) is 49.4 Å². The number of anilines is 2. The number of sulfonamides is 1. The molecule has 8 heteroatoms. The quantitative estimate of drug-likeness (QED) is 0.528. The summed E-state index contributed by atoms with van der Waals surface area (Å²) in [4.78, 5) is 12.6. The van der Waals surface area contributed by atoms with Gasteiger partial charge in [0.25, 0.3) is 15.9 Å². The standard InChI is InChI=1S/C21H18Cl2N2O3S/c1-13-4-3-5-17(10-13)25-29(27,28)20-11-15(7-6-14(20)2)21(26)24-19-9-8-16(22)12-18(19)23/h3-12,25H,1-2H3,(H,24,26). The van der Waals surface area contributed by atoms with Gasteiger partial charge in [0.2, 0.25) is 0 Å². The fourth-order valence-electron chi connectivity index (χ4n) is 2.73. The highest BCUT2D eigenvalue weighted by Crippen LogP contribution is 2.27. The van der Waals surface area contributed by atoms with E-state index in [1.165, 1.54) is 12.1 Å². The highest BCUT2D eigenvalue weighted by atomic mass is 35.5. The van der Waals surface area contributed by atoms with Crippen molar-refractivity contribution in [3.8, 4) is 0 Å². The molecule has 0 unspecified atom stereocenters. The Bertz CT molecular complexity index is 1190. The summed E-state index contributed by atoms with van der Waals surface area (Å²) in [5.74, 6) is -0.485. The molecule has 0 bridgehead atoms. The molecule has 3 rings (SSSR count). The molecule has 0 heterocycles. The first kappa shape index (κ1) is 21.2. The van der Waals surface area contributed by atoms with E-state index in [0.717, 1.165) is 5.56 Å². The van der Waals surface area contributed by atoms with E-state index >= 15 is 0 Å². The normalized spacial score (nSPS) is 11.2. The van der Waals surface area contributed by atoms with Crippen LogP contribution in [0.2, 0.25) is 10.0 Å². The van der Waals surface area contributed by atoms with Crippen LogP contribution in [0.3, 0.4) is 0 Å². The van der Waals surface area contributed by atoms with E-state index in [-0.39, 0.29) is 15.5 Å². The van der Waals surface area contributed by atoms with Gasteiger partial charge in [0.15, 0.2) is 0 Å². The minimum Gasteiger partial charge on any atom is -0.321 e. The summed E-state index contributed by atoms with van der Waals surface area (Å²) < 4.78 is 28.3. The Morgan fingerprint density at radius 3 is 2.38 bits per heavy atom. The van der Waals surface area contributed by atoms with E-state index in [0.29, 0.717) is 22.0 Å². The van der Waals surface area contributed by atoms with Gasteiger partial charge in [-0.1, -0.05) is 41.4 Å². The van der Waals surface area contributed by atoms with Crippen molar-refractivity contribution in [2.75, 3.05) is 10.0 Å². The molecule has 150 valence electrons. The average Bonchev–Trinajstić information content (AvgIpc) is 2.63. The Morgan fingerprint density at radius 1 is 0.931 bits per heavy atom. The summed E-state index contributed by atoms with van der Waals surface area (Å²) in [6, 6.07) is 16.2. The molecule has 5 nitrogen and oxygen atoms in total. The summed E-state index contributed by atoms with van der Waals surface area (Å²) >= 11 is 12.0. The zero-order valence-electron chi connectivity index (χ0n) is 15.7. The van der Waals surface area contributed by atoms with Crippen LogP contribution in [0.1, 0.15) is 21.5 Å². The third-order valence-electron chi connectivity index (χ3n) is 4.19. The van der Waals surface area contributed by atoms with Crippen LogP contribution in [0, 0.1) is 13.8 Å². The van der Waals surface area contributed by atoms with Gasteiger partial charge in [0.05, 0.1) is 15.6 Å². The van der Waals surface area contributed by atoms with E-state index in [2.05, 4.69) is 10.0 Å². The van der Waals surface area contributed by atoms with Gasteiger partial charge in [-0.2, -0.15) is 0 Å². The summed E-state index contributed by atoms with van der Waals surface area (Å²) in [5, 5.41) is 3.39. The van der Waals surface area contributed by atoms with Gasteiger partial charge in [-0.3, -0.25) is 9.52 Å². The van der Waals surface area contributed by atoms with Gasteiger partial charge in [-0.25, -0.2) is 8.42 Å². The van der Waals surface area contributed by atoms with Crippen molar-refractivity contribution in [2.24, 2.45) is 0 Å². The zero-order chi connectivity index (χ0) is 21.2. The molecule has 0 aromatic heterocycles. The minimum absolute atomic E-state index is 0.0221. The lowest BCUT2D eigenvalue weighted by atomic mass is 10.1. The third kappa shape index (κ3) is 5.09. The lowest BCUT2D eigenvalue weighted by Gasteiger charge is -2.13. The van der Waals surface area contributed by atoms with Gasteiger partial charge in [-0.15, -0.1) is 0 Å². The molecule has 0 atom stereocenters. The van der Waals surface area contributed by atoms with Crippen molar-refractivity contribution in [1.29, 1.82) is 0 Å². The van der Waals surface area contributed by atoms with Crippen LogP contribution in [0.25, 0.3) is 0 Å². The summed E-state index contributed by atoms with van der Waals surface area (Å²) in [6.07, 6.45) is 0. The number of hydrogen-bond acceptors (Lipinski definition) is 3. The van der Waals surface area contributed by atoms with E-state index in [4.69, 9.17) is 23.2 Å². The predicted molar refractivity (Wildman–Crippen MR) is 118 cm³/mol. The van der Waals surface area contributed by atoms with Gasteiger partial charge in [0.1, 0.15) is 0 Å². The molecular weight excluding hydrogens is 431 g/mol. The van der Waals surface area contributed by atoms with Crippen molar-refractivity contribution in [2.45, 2.75) is 18.7 Å². The van der Waals surface area contributed by atoms with Crippen LogP contribution in [0.15, 0.2) is 65.6 Å². The van der Waals surface area contributed by atoms with E-state index in [1.807, 2.05) is 13.0 Å². The van der Waals surface area contributed by atoms with E-state index in [9.17, 15) is 13.2 Å². The van der Waals surface area contributed by atoms with Crippen molar-refractivity contribution < 1.29 is 13.2 Å². The molecule has 0 radical (unpaired) electrons. The van der Waals surface area contributed by atoms with Crippen LogP contribution < -0.4 is 10.0 Å². The molecule has 3 aromatic carbocycles. The monoisotopic (exact) mass is 448 g/mol. The SMILES string of the molecule is Cc1cccc(NS(=O)(=O)c2cc(C(=O)Nc3ccc(Cl)cc3Cl)ccc2C)c1. The summed E-state index contributed by atoms with van der Waals surface area (Å²) in [7, 11) is -3.88. The lowest BCUT2D eigenvalue weighted by molar-refractivity contribution is 0.102. The van der Waals surface area contributed by atoms with Gasteiger partial charge < -0.3 is 5.32 Å². The Kier molecular flexibility index (Phi) is 6.17. The number of aryl methyl sites for hydroxylation is 2. The zero-order valence-corrected chi connectivity index (χ0v) is 18.0. The molecule has 3 aromatic rings. The van der Waals surface area contributed by atoms with Crippen LogP contribution in [-0.2, 0) is 10.0 Å². The first-order chi connectivity index (χ1) is 13.7. The number of benzene rings is 3. The molecule has 29 heavy (non-hydrogen) atoms. The lowest BCUT2D eigenvalue weighted by Crippen LogP contribution is -2.17. The molecule has 0 aliphatic heterocycles. The van der Waals surface area contributed by atoms with E-state index < -0.39 is 15.9 Å². The smallest absolute Gasteiger partial charge is 0.262 e. The van der Waals surface area contributed by atoms with Crippen LogP contribution in [-0.4, -0.2) is 14.3 Å². The topological polar surface area (TPSA) is 75.3 Å². The average molecular weight is 449 g/mol. The third-order valence-corrected chi connectivity index (χ3v) is 6.26. The molecule has 0 fully saturated rings. The molecular formula is C21H18Cl2N2O3S. The number of carbonyl (C=O) groups excluding carboxylic acids is 1. The maximum absolute atomic E-state index is 12.9. The Morgan fingerprint density at radius 2 is 1.69 bits per heavy atom. The second-order valence-corrected chi connectivity index (χ2v) is 9.03. The molecule has 0 aliphatic rings. The first-order valence-electron chi connectivity index (χ1n) is 8.62. The predicted octanol–water partition coefficient (Wildman–Crippen LogP) is 5.66. The van der Waals surface area contributed by atoms with Crippen molar-refractivity contribution in [1.82, 2.24) is 0 Å². The highest BCUT2D eigenvalue weighted by Gasteiger charge is 2.20. The van der Waals surface area contributed by atoms with Crippen LogP contribution in [0.5, 0.6) is 0 Å². The molecule has 0 saturated carbocycles. The van der Waals surface area contributed by atoms with Crippen LogP contribution >= 0.6 is 23.2 Å². The van der Waals surface area contributed by atoms with Crippen LogP contribution in [0.4, 0.5) is 11.4 Å². The van der Waals surface area contributed by atoms with Crippen molar-refractivity contribution in [3.05, 3.63) is 87.4 Å². The fraction of sp³-hybridized carbons (Fsp3) is 0.0952.